The summed E-state index contributed by atoms with van der Waals surface area (Å²) in [6, 6.07) is 0. The number of aromatic nitrogens is 2. The molecule has 0 bridgehead atoms. The number of imidazole rings is 1. The second-order valence-corrected chi connectivity index (χ2v) is 2.89. The van der Waals surface area contributed by atoms with Crippen LogP contribution in [0.15, 0.2) is 17.6 Å². The monoisotopic (exact) mass is 197 g/mol. The van der Waals surface area contributed by atoms with Crippen molar-refractivity contribution in [3.8, 4) is 0 Å². The molecule has 0 spiro atoms. The van der Waals surface area contributed by atoms with Crippen molar-refractivity contribution in [3.05, 3.63) is 28.7 Å². The molecule has 1 aromatic rings. The van der Waals surface area contributed by atoms with Crippen LogP contribution in [0.5, 0.6) is 0 Å². The predicted molar refractivity (Wildman–Crippen MR) is 48.2 cm³/mol. The van der Waals surface area contributed by atoms with Gasteiger partial charge in [-0.3, -0.25) is 0 Å². The summed E-state index contributed by atoms with van der Waals surface area (Å²) in [6.07, 6.45) is 0.852. The quantitative estimate of drug-likeness (QED) is 0.406. The molecule has 0 amide bonds. The predicted octanol–water partition coefficient (Wildman–Crippen LogP) is 0.125. The Labute approximate surface area is 80.3 Å². The van der Waals surface area contributed by atoms with Gasteiger partial charge in [0.2, 0.25) is 0 Å². The molecular formula is C7H11N5O2. The molecule has 2 atom stereocenters. The minimum absolute atomic E-state index is 0.172. The number of hydrogen-bond acceptors (Lipinski definition) is 4. The van der Waals surface area contributed by atoms with Crippen LogP contribution in [0.2, 0.25) is 0 Å². The lowest BCUT2D eigenvalue weighted by atomic mass is 10.1. The zero-order valence-corrected chi connectivity index (χ0v) is 7.65. The fraction of sp³-hybridized carbons (Fsp3) is 0.571. The Morgan fingerprint density at radius 2 is 2.43 bits per heavy atom. The third-order valence-corrected chi connectivity index (χ3v) is 1.72. The number of azide groups is 1. The summed E-state index contributed by atoms with van der Waals surface area (Å²) >= 11 is 0. The normalized spacial score (nSPS) is 14.5. The van der Waals surface area contributed by atoms with Gasteiger partial charge >= 0.3 is 0 Å². The van der Waals surface area contributed by atoms with Crippen LogP contribution in [0.4, 0.5) is 0 Å². The fourth-order valence-corrected chi connectivity index (χ4v) is 1.00. The average Bonchev–Trinajstić information content (AvgIpc) is 2.60. The molecule has 1 rings (SSSR count). The molecule has 0 saturated heterocycles. The standard InChI is InChI=1S/C7H11N5O2/c1-12-3-5(9-4-12)7(14)6(13)2-10-11-8/h3-4,6-7,13-14H,2H2,1H3. The Balaban J connectivity index is 2.64. The van der Waals surface area contributed by atoms with Gasteiger partial charge in [0.25, 0.3) is 0 Å². The third kappa shape index (κ3) is 2.46. The zero-order chi connectivity index (χ0) is 10.6. The van der Waals surface area contributed by atoms with Crippen molar-refractivity contribution in [3.63, 3.8) is 0 Å². The molecule has 2 N–H and O–H groups in total. The molecule has 0 aliphatic carbocycles. The summed E-state index contributed by atoms with van der Waals surface area (Å²) in [6.45, 7) is -0.172. The Kier molecular flexibility index (Phi) is 3.47. The topological polar surface area (TPSA) is 107 Å². The van der Waals surface area contributed by atoms with Crippen LogP contribution in [0.1, 0.15) is 11.8 Å². The zero-order valence-electron chi connectivity index (χ0n) is 7.65. The van der Waals surface area contributed by atoms with Gasteiger partial charge in [-0.25, -0.2) is 4.98 Å². The van der Waals surface area contributed by atoms with Crippen molar-refractivity contribution in [2.24, 2.45) is 12.2 Å². The van der Waals surface area contributed by atoms with Crippen LogP contribution in [-0.4, -0.2) is 32.4 Å². The maximum Gasteiger partial charge on any atom is 0.123 e. The number of aliphatic hydroxyl groups excluding tert-OH is 2. The van der Waals surface area contributed by atoms with Crippen molar-refractivity contribution in [1.29, 1.82) is 0 Å². The van der Waals surface area contributed by atoms with E-state index in [9.17, 15) is 10.2 Å². The highest BCUT2D eigenvalue weighted by molar-refractivity contribution is 5.02. The van der Waals surface area contributed by atoms with E-state index in [0.29, 0.717) is 5.69 Å². The fourth-order valence-electron chi connectivity index (χ4n) is 1.00. The molecule has 0 aliphatic heterocycles. The van der Waals surface area contributed by atoms with Gasteiger partial charge in [0.05, 0.1) is 24.7 Å². The Hall–Kier alpha value is -1.56. The molecule has 0 radical (unpaired) electrons. The van der Waals surface area contributed by atoms with E-state index >= 15 is 0 Å². The molecule has 14 heavy (non-hydrogen) atoms. The van der Waals surface area contributed by atoms with Crippen LogP contribution >= 0.6 is 0 Å². The molecule has 2 unspecified atom stereocenters. The van der Waals surface area contributed by atoms with Gasteiger partial charge in [-0.1, -0.05) is 5.11 Å². The number of rotatable bonds is 4. The summed E-state index contributed by atoms with van der Waals surface area (Å²) in [5.41, 5.74) is 8.37. The SMILES string of the molecule is Cn1cnc(C(O)C(O)CN=[N+]=[N-])c1. The maximum atomic E-state index is 9.52. The lowest BCUT2D eigenvalue weighted by molar-refractivity contribution is 0.0220. The summed E-state index contributed by atoms with van der Waals surface area (Å²) < 4.78 is 1.65. The van der Waals surface area contributed by atoms with E-state index < -0.39 is 12.2 Å². The molecule has 0 saturated carbocycles. The first-order chi connectivity index (χ1) is 6.65. The smallest absolute Gasteiger partial charge is 0.123 e. The maximum absolute atomic E-state index is 9.52. The van der Waals surface area contributed by atoms with Gasteiger partial charge < -0.3 is 14.8 Å². The van der Waals surface area contributed by atoms with Crippen LogP contribution < -0.4 is 0 Å². The molecular weight excluding hydrogens is 186 g/mol. The lowest BCUT2D eigenvalue weighted by Gasteiger charge is -2.12. The van der Waals surface area contributed by atoms with E-state index in [-0.39, 0.29) is 6.54 Å². The van der Waals surface area contributed by atoms with E-state index in [1.165, 1.54) is 6.33 Å². The number of hydrogen-bond donors (Lipinski definition) is 2. The highest BCUT2D eigenvalue weighted by Gasteiger charge is 2.19. The van der Waals surface area contributed by atoms with Gasteiger partial charge in [0, 0.05) is 18.2 Å². The first-order valence-electron chi connectivity index (χ1n) is 4.00. The second kappa shape index (κ2) is 4.61. The van der Waals surface area contributed by atoms with Crippen LogP contribution in [0, 0.1) is 0 Å². The Bertz CT molecular complexity index is 344. The number of aryl methyl sites for hydroxylation is 1. The average molecular weight is 197 g/mol. The Morgan fingerprint density at radius 3 is 2.93 bits per heavy atom. The molecule has 1 aromatic heterocycles. The second-order valence-electron chi connectivity index (χ2n) is 2.89. The highest BCUT2D eigenvalue weighted by Crippen LogP contribution is 2.14. The van der Waals surface area contributed by atoms with E-state index in [1.54, 1.807) is 17.8 Å². The molecule has 0 fully saturated rings. The first-order valence-corrected chi connectivity index (χ1v) is 4.00. The van der Waals surface area contributed by atoms with Crippen LogP contribution in [-0.2, 0) is 7.05 Å². The largest absolute Gasteiger partial charge is 0.390 e. The minimum atomic E-state index is -1.12. The number of nitrogens with zero attached hydrogens (tertiary/aromatic N) is 5. The summed E-state index contributed by atoms with van der Waals surface area (Å²) in [5, 5.41) is 22.0. The first kappa shape index (κ1) is 10.5. The van der Waals surface area contributed by atoms with Gasteiger partial charge in [-0.05, 0) is 5.53 Å². The van der Waals surface area contributed by atoms with E-state index in [1.807, 2.05) is 0 Å². The van der Waals surface area contributed by atoms with Crippen molar-refractivity contribution in [2.45, 2.75) is 12.2 Å². The van der Waals surface area contributed by atoms with Gasteiger partial charge in [-0.2, -0.15) is 0 Å². The lowest BCUT2D eigenvalue weighted by Crippen LogP contribution is -2.21. The van der Waals surface area contributed by atoms with Gasteiger partial charge in [0.1, 0.15) is 6.10 Å². The Morgan fingerprint density at radius 1 is 1.71 bits per heavy atom. The summed E-state index contributed by atoms with van der Waals surface area (Å²) in [7, 11) is 1.75. The molecule has 76 valence electrons. The number of aliphatic hydroxyl groups is 2. The van der Waals surface area contributed by atoms with E-state index in [4.69, 9.17) is 5.53 Å². The summed E-state index contributed by atoms with van der Waals surface area (Å²) in [5.74, 6) is 0. The van der Waals surface area contributed by atoms with Crippen LogP contribution in [0.25, 0.3) is 10.4 Å². The van der Waals surface area contributed by atoms with Crippen LogP contribution in [0.3, 0.4) is 0 Å². The highest BCUT2D eigenvalue weighted by atomic mass is 16.3. The van der Waals surface area contributed by atoms with Gasteiger partial charge in [0.15, 0.2) is 0 Å². The van der Waals surface area contributed by atoms with E-state index in [0.717, 1.165) is 0 Å². The van der Waals surface area contributed by atoms with Crippen molar-refractivity contribution in [2.75, 3.05) is 6.54 Å². The van der Waals surface area contributed by atoms with Crippen molar-refractivity contribution in [1.82, 2.24) is 9.55 Å². The summed E-state index contributed by atoms with van der Waals surface area (Å²) in [4.78, 5) is 6.35. The molecule has 0 aliphatic rings. The van der Waals surface area contributed by atoms with Gasteiger partial charge in [-0.15, -0.1) is 0 Å². The van der Waals surface area contributed by atoms with Crippen molar-refractivity contribution < 1.29 is 10.2 Å². The molecule has 7 nitrogen and oxygen atoms in total. The third-order valence-electron chi connectivity index (χ3n) is 1.72. The molecule has 0 aromatic carbocycles. The molecule has 1 heterocycles. The minimum Gasteiger partial charge on any atom is -0.390 e. The van der Waals surface area contributed by atoms with Crippen molar-refractivity contribution >= 4 is 0 Å². The van der Waals surface area contributed by atoms with E-state index in [2.05, 4.69) is 15.0 Å². The molecule has 7 heteroatoms.